The van der Waals surface area contributed by atoms with Crippen molar-refractivity contribution in [3.63, 3.8) is 0 Å². The molecule has 0 fully saturated rings. The van der Waals surface area contributed by atoms with E-state index in [1.165, 1.54) is 25.4 Å². The smallest absolute Gasteiger partial charge is 0.0409 e. The van der Waals surface area contributed by atoms with E-state index >= 15 is 0 Å². The highest BCUT2D eigenvalue weighted by Crippen LogP contribution is 2.33. The van der Waals surface area contributed by atoms with E-state index in [0.29, 0.717) is 6.04 Å². The van der Waals surface area contributed by atoms with Crippen molar-refractivity contribution < 1.29 is 0 Å². The highest BCUT2D eigenvalue weighted by atomic mass is 79.9. The fraction of sp³-hybridized carbons (Fsp3) is 0.333. The van der Waals surface area contributed by atoms with Crippen molar-refractivity contribution in [3.05, 3.63) is 45.2 Å². The van der Waals surface area contributed by atoms with Crippen molar-refractivity contribution in [3.8, 4) is 10.4 Å². The number of hydrogen-bond acceptors (Lipinski definition) is 2. The zero-order valence-corrected chi connectivity index (χ0v) is 13.4. The number of thiophene rings is 1. The lowest BCUT2D eigenvalue weighted by Crippen LogP contribution is -2.13. The van der Waals surface area contributed by atoms with Crippen LogP contribution in [0.5, 0.6) is 0 Å². The summed E-state index contributed by atoms with van der Waals surface area (Å²) in [5, 5.41) is 3.36. The van der Waals surface area contributed by atoms with Gasteiger partial charge in [0.2, 0.25) is 0 Å². The summed E-state index contributed by atoms with van der Waals surface area (Å²) in [5.74, 6) is 0. The molecule has 0 aliphatic heterocycles. The lowest BCUT2D eigenvalue weighted by atomic mass is 10.1. The first-order chi connectivity index (χ1) is 8.65. The third-order valence-electron chi connectivity index (χ3n) is 3.17. The molecular formula is C15H18BrNS. The van der Waals surface area contributed by atoms with E-state index < -0.39 is 0 Å². The molecule has 0 aliphatic rings. The first-order valence-corrected chi connectivity index (χ1v) is 7.80. The fourth-order valence-electron chi connectivity index (χ4n) is 2.04. The molecule has 0 amide bonds. The third-order valence-corrected chi connectivity index (χ3v) is 5.31. The minimum atomic E-state index is 0.472. The second-order valence-electron chi connectivity index (χ2n) is 4.42. The molecule has 2 rings (SSSR count). The van der Waals surface area contributed by atoms with Crippen LogP contribution in [0.1, 0.15) is 29.8 Å². The van der Waals surface area contributed by atoms with Gasteiger partial charge in [0, 0.05) is 20.3 Å². The van der Waals surface area contributed by atoms with Gasteiger partial charge in [0.05, 0.1) is 0 Å². The summed E-state index contributed by atoms with van der Waals surface area (Å²) in [6, 6.07) is 11.5. The molecule has 1 atom stereocenters. The van der Waals surface area contributed by atoms with Gasteiger partial charge in [-0.05, 0) is 55.8 Å². The van der Waals surface area contributed by atoms with E-state index in [9.17, 15) is 0 Å². The van der Waals surface area contributed by atoms with Crippen LogP contribution in [0.4, 0.5) is 0 Å². The van der Waals surface area contributed by atoms with Crippen LogP contribution in [0.15, 0.2) is 34.8 Å². The molecule has 0 radical (unpaired) electrons. The summed E-state index contributed by atoms with van der Waals surface area (Å²) in [5.41, 5.74) is 2.58. The van der Waals surface area contributed by atoms with Gasteiger partial charge in [-0.1, -0.05) is 28.9 Å². The van der Waals surface area contributed by atoms with Gasteiger partial charge in [-0.2, -0.15) is 0 Å². The Labute approximate surface area is 121 Å². The summed E-state index contributed by atoms with van der Waals surface area (Å²) in [6.45, 7) is 4.34. The van der Waals surface area contributed by atoms with Crippen LogP contribution in [0, 0.1) is 6.92 Å². The van der Waals surface area contributed by atoms with Crippen molar-refractivity contribution in [2.75, 3.05) is 7.05 Å². The molecule has 96 valence electrons. The molecule has 0 bridgehead atoms. The lowest BCUT2D eigenvalue weighted by molar-refractivity contribution is 0.586. The van der Waals surface area contributed by atoms with Gasteiger partial charge < -0.3 is 5.32 Å². The number of hydrogen-bond donors (Lipinski definition) is 1. The van der Waals surface area contributed by atoms with E-state index in [2.05, 4.69) is 65.4 Å². The molecule has 1 unspecified atom stereocenters. The van der Waals surface area contributed by atoms with Crippen LogP contribution in [0.2, 0.25) is 0 Å². The highest BCUT2D eigenvalue weighted by Gasteiger charge is 2.10. The van der Waals surface area contributed by atoms with E-state index in [1.54, 1.807) is 0 Å². The van der Waals surface area contributed by atoms with Crippen molar-refractivity contribution >= 4 is 27.3 Å². The van der Waals surface area contributed by atoms with Crippen molar-refractivity contribution in [2.45, 2.75) is 26.3 Å². The molecule has 0 saturated carbocycles. The average molecular weight is 324 g/mol. The van der Waals surface area contributed by atoms with Gasteiger partial charge in [0.15, 0.2) is 0 Å². The van der Waals surface area contributed by atoms with Crippen molar-refractivity contribution in [2.24, 2.45) is 0 Å². The zero-order valence-electron chi connectivity index (χ0n) is 11.0. The summed E-state index contributed by atoms with van der Waals surface area (Å²) in [4.78, 5) is 2.75. The molecule has 0 spiro atoms. The Kier molecular flexibility index (Phi) is 4.60. The predicted octanol–water partition coefficient (Wildman–Crippen LogP) is 5.16. The van der Waals surface area contributed by atoms with Gasteiger partial charge in [-0.25, -0.2) is 0 Å². The van der Waals surface area contributed by atoms with Crippen LogP contribution >= 0.6 is 27.3 Å². The van der Waals surface area contributed by atoms with Gasteiger partial charge in [0.1, 0.15) is 0 Å². The Balaban J connectivity index is 2.31. The number of halogens is 1. The topological polar surface area (TPSA) is 12.0 Å². The second-order valence-corrected chi connectivity index (χ2v) is 6.39. The quantitative estimate of drug-likeness (QED) is 0.819. The summed E-state index contributed by atoms with van der Waals surface area (Å²) in [7, 11) is 2.03. The maximum Gasteiger partial charge on any atom is 0.0409 e. The average Bonchev–Trinajstić information content (AvgIpc) is 2.84. The SMILES string of the molecule is CCC(NC)c1ccc(-c2ccc(Br)c(C)c2)s1. The molecule has 0 aliphatic carbocycles. The number of rotatable bonds is 4. The first kappa shape index (κ1) is 13.8. The van der Waals surface area contributed by atoms with Crippen LogP contribution in [0.25, 0.3) is 10.4 Å². The van der Waals surface area contributed by atoms with Gasteiger partial charge >= 0.3 is 0 Å². The third kappa shape index (κ3) is 2.85. The summed E-state index contributed by atoms with van der Waals surface area (Å²) in [6.07, 6.45) is 1.12. The monoisotopic (exact) mass is 323 g/mol. The molecule has 1 aromatic heterocycles. The van der Waals surface area contributed by atoms with Crippen LogP contribution < -0.4 is 5.32 Å². The largest absolute Gasteiger partial charge is 0.312 e. The molecule has 2 aromatic rings. The van der Waals surface area contributed by atoms with Gasteiger partial charge in [-0.3, -0.25) is 0 Å². The van der Waals surface area contributed by atoms with E-state index in [1.807, 2.05) is 18.4 Å². The maximum atomic E-state index is 3.55. The van der Waals surface area contributed by atoms with Crippen LogP contribution in [0.3, 0.4) is 0 Å². The van der Waals surface area contributed by atoms with E-state index in [0.717, 1.165) is 6.42 Å². The molecule has 18 heavy (non-hydrogen) atoms. The number of benzene rings is 1. The summed E-state index contributed by atoms with van der Waals surface area (Å²) >= 11 is 5.43. The van der Waals surface area contributed by atoms with Crippen LogP contribution in [-0.4, -0.2) is 7.05 Å². The molecule has 1 heterocycles. The van der Waals surface area contributed by atoms with Crippen molar-refractivity contribution in [1.29, 1.82) is 0 Å². The Morgan fingerprint density at radius 2 is 2.06 bits per heavy atom. The van der Waals surface area contributed by atoms with E-state index in [-0.39, 0.29) is 0 Å². The van der Waals surface area contributed by atoms with Gasteiger partial charge in [0.25, 0.3) is 0 Å². The number of aryl methyl sites for hydroxylation is 1. The molecule has 1 nitrogen and oxygen atoms in total. The highest BCUT2D eigenvalue weighted by molar-refractivity contribution is 9.10. The molecular weight excluding hydrogens is 306 g/mol. The standard InChI is InChI=1S/C15H18BrNS/c1-4-13(17-3)15-8-7-14(18-15)11-5-6-12(16)10(2)9-11/h5-9,13,17H,4H2,1-3H3. The Hall–Kier alpha value is -0.640. The number of nitrogens with one attached hydrogen (secondary N) is 1. The Morgan fingerprint density at radius 1 is 1.28 bits per heavy atom. The maximum absolute atomic E-state index is 3.55. The van der Waals surface area contributed by atoms with E-state index in [4.69, 9.17) is 0 Å². The van der Waals surface area contributed by atoms with Crippen molar-refractivity contribution in [1.82, 2.24) is 5.32 Å². The minimum absolute atomic E-state index is 0.472. The first-order valence-electron chi connectivity index (χ1n) is 6.19. The molecule has 1 aromatic carbocycles. The zero-order chi connectivity index (χ0) is 13.1. The lowest BCUT2D eigenvalue weighted by Gasteiger charge is -2.10. The molecule has 1 N–H and O–H groups in total. The summed E-state index contributed by atoms with van der Waals surface area (Å²) < 4.78 is 1.17. The second kappa shape index (κ2) is 6.00. The fourth-order valence-corrected chi connectivity index (χ4v) is 3.49. The Bertz CT molecular complexity index is 529. The normalized spacial score (nSPS) is 12.7. The molecule has 3 heteroatoms. The van der Waals surface area contributed by atoms with Gasteiger partial charge in [-0.15, -0.1) is 11.3 Å². The Morgan fingerprint density at radius 3 is 2.67 bits per heavy atom. The molecule has 0 saturated heterocycles. The van der Waals surface area contributed by atoms with Crippen LogP contribution in [-0.2, 0) is 0 Å². The predicted molar refractivity (Wildman–Crippen MR) is 84.3 cm³/mol. The minimum Gasteiger partial charge on any atom is -0.312 e.